The van der Waals surface area contributed by atoms with Gasteiger partial charge in [0.1, 0.15) is 0 Å². The van der Waals surface area contributed by atoms with Crippen LogP contribution in [0, 0.1) is 13.8 Å². The van der Waals surface area contributed by atoms with Crippen molar-refractivity contribution in [1.29, 1.82) is 0 Å². The van der Waals surface area contributed by atoms with Crippen LogP contribution >= 0.6 is 0 Å². The first-order valence-electron chi connectivity index (χ1n) is 12.1. The molecule has 0 radical (unpaired) electrons. The van der Waals surface area contributed by atoms with Crippen molar-refractivity contribution in [2.75, 3.05) is 38.2 Å². The summed E-state index contributed by atoms with van der Waals surface area (Å²) in [5.41, 5.74) is 5.06. The van der Waals surface area contributed by atoms with Gasteiger partial charge in [0.15, 0.2) is 11.5 Å². The maximum absolute atomic E-state index is 13.0. The summed E-state index contributed by atoms with van der Waals surface area (Å²) in [5.74, 6) is 0.965. The summed E-state index contributed by atoms with van der Waals surface area (Å²) in [6, 6.07) is 9.55. The first kappa shape index (κ1) is 25.6. The van der Waals surface area contributed by atoms with Gasteiger partial charge in [-0.2, -0.15) is 0 Å². The second kappa shape index (κ2) is 11.9. The van der Waals surface area contributed by atoms with Crippen molar-refractivity contribution >= 4 is 17.6 Å². The van der Waals surface area contributed by atoms with Crippen molar-refractivity contribution < 1.29 is 23.8 Å². The number of benzene rings is 2. The molecule has 7 nitrogen and oxygen atoms in total. The molecular formula is C27H36N2O5. The molecule has 1 unspecified atom stereocenters. The lowest BCUT2D eigenvalue weighted by molar-refractivity contribution is -0.145. The number of carbonyl (C=O) groups is 2. The van der Waals surface area contributed by atoms with Gasteiger partial charge in [-0.3, -0.25) is 14.5 Å². The predicted octanol–water partition coefficient (Wildman–Crippen LogP) is 4.59. The monoisotopic (exact) mass is 468 g/mol. The van der Waals surface area contributed by atoms with E-state index in [4.69, 9.17) is 14.2 Å². The van der Waals surface area contributed by atoms with E-state index in [0.29, 0.717) is 37.9 Å². The molecule has 1 N–H and O–H groups in total. The Bertz CT molecular complexity index is 1020. The quantitative estimate of drug-likeness (QED) is 0.514. The number of hydrogen-bond donors (Lipinski definition) is 1. The van der Waals surface area contributed by atoms with E-state index in [-0.39, 0.29) is 30.9 Å². The van der Waals surface area contributed by atoms with Crippen LogP contribution in [0.4, 0.5) is 5.69 Å². The number of amides is 1. The first-order valence-corrected chi connectivity index (χ1v) is 12.1. The van der Waals surface area contributed by atoms with Crippen molar-refractivity contribution in [2.45, 2.75) is 53.5 Å². The second-order valence-electron chi connectivity index (χ2n) is 8.40. The van der Waals surface area contributed by atoms with Crippen LogP contribution in [0.15, 0.2) is 30.3 Å². The smallest absolute Gasteiger partial charge is 0.307 e. The van der Waals surface area contributed by atoms with Crippen LogP contribution < -0.4 is 14.8 Å². The van der Waals surface area contributed by atoms with Crippen molar-refractivity contribution in [2.24, 2.45) is 0 Å². The molecule has 3 rings (SSSR count). The zero-order valence-corrected chi connectivity index (χ0v) is 20.9. The van der Waals surface area contributed by atoms with Gasteiger partial charge in [-0.1, -0.05) is 12.1 Å². The third-order valence-electron chi connectivity index (χ3n) is 6.16. The number of aryl methyl sites for hydroxylation is 1. The Kier molecular flexibility index (Phi) is 8.93. The molecule has 0 saturated carbocycles. The predicted molar refractivity (Wildman–Crippen MR) is 133 cm³/mol. The molecule has 184 valence electrons. The summed E-state index contributed by atoms with van der Waals surface area (Å²) in [7, 11) is 0. The van der Waals surface area contributed by atoms with Crippen molar-refractivity contribution in [3.8, 4) is 11.5 Å². The molecule has 1 aliphatic rings. The van der Waals surface area contributed by atoms with Gasteiger partial charge in [0.2, 0.25) is 5.91 Å². The van der Waals surface area contributed by atoms with Crippen LogP contribution in [0.3, 0.4) is 0 Å². The maximum Gasteiger partial charge on any atom is 0.307 e. The molecule has 0 fully saturated rings. The number of ether oxygens (including phenoxy) is 3. The molecule has 2 aromatic rings. The van der Waals surface area contributed by atoms with E-state index in [1.54, 1.807) is 6.92 Å². The normalized spacial score (nSPS) is 15.4. The minimum Gasteiger partial charge on any atom is -0.490 e. The number of rotatable bonds is 10. The lowest BCUT2D eigenvalue weighted by atomic mass is 9.90. The summed E-state index contributed by atoms with van der Waals surface area (Å²) in [4.78, 5) is 27.6. The number of fused-ring (bicyclic) bond motifs is 1. The molecule has 0 bridgehead atoms. The first-order chi connectivity index (χ1) is 16.4. The van der Waals surface area contributed by atoms with Crippen LogP contribution in [-0.4, -0.2) is 49.7 Å². The molecule has 0 saturated heterocycles. The van der Waals surface area contributed by atoms with E-state index >= 15 is 0 Å². The standard InChI is InChI=1S/C27H36N2O5/c1-6-32-24-14-20-12-13-29(17-26(30)28-22-11-9-10-18(4)19(22)5)23(16-27(31)34-8-3)21(20)15-25(24)33-7-2/h9-11,14-15,23H,6-8,12-13,16-17H2,1-5H3,(H,28,30). The molecule has 1 atom stereocenters. The SMILES string of the molecule is CCOC(=O)CC1c2cc(OCC)c(OCC)cc2CCN1CC(=O)Nc1cccc(C)c1C. The van der Waals surface area contributed by atoms with Crippen LogP contribution in [0.2, 0.25) is 0 Å². The number of nitrogens with zero attached hydrogens (tertiary/aromatic N) is 1. The minimum atomic E-state index is -0.290. The highest BCUT2D eigenvalue weighted by molar-refractivity contribution is 5.93. The Labute approximate surface area is 202 Å². The molecule has 1 heterocycles. The van der Waals surface area contributed by atoms with Gasteiger partial charge in [-0.15, -0.1) is 0 Å². The second-order valence-corrected chi connectivity index (χ2v) is 8.40. The zero-order chi connectivity index (χ0) is 24.7. The Morgan fingerprint density at radius 1 is 1.03 bits per heavy atom. The molecule has 7 heteroatoms. The Morgan fingerprint density at radius 3 is 2.41 bits per heavy atom. The highest BCUT2D eigenvalue weighted by Crippen LogP contribution is 2.40. The fraction of sp³-hybridized carbons (Fsp3) is 0.481. The molecule has 2 aromatic carbocycles. The molecule has 34 heavy (non-hydrogen) atoms. The number of carbonyl (C=O) groups excluding carboxylic acids is 2. The Hall–Kier alpha value is -3.06. The highest BCUT2D eigenvalue weighted by Gasteiger charge is 2.32. The van der Waals surface area contributed by atoms with E-state index in [9.17, 15) is 9.59 Å². The molecular weight excluding hydrogens is 432 g/mol. The molecule has 1 amide bonds. The lowest BCUT2D eigenvalue weighted by Crippen LogP contribution is -2.41. The average molecular weight is 469 g/mol. The van der Waals surface area contributed by atoms with E-state index in [1.807, 2.05) is 58.0 Å². The zero-order valence-electron chi connectivity index (χ0n) is 20.9. The fourth-order valence-electron chi connectivity index (χ4n) is 4.36. The van der Waals surface area contributed by atoms with Crippen LogP contribution in [0.1, 0.15) is 55.5 Å². The topological polar surface area (TPSA) is 77.1 Å². The fourth-order valence-corrected chi connectivity index (χ4v) is 4.36. The number of hydrogen-bond acceptors (Lipinski definition) is 6. The summed E-state index contributed by atoms with van der Waals surface area (Å²) in [6.07, 6.45) is 0.912. The number of anilines is 1. The van der Waals surface area contributed by atoms with Gasteiger partial charge < -0.3 is 19.5 Å². The minimum absolute atomic E-state index is 0.109. The van der Waals surface area contributed by atoms with E-state index in [0.717, 1.165) is 34.4 Å². The van der Waals surface area contributed by atoms with Gasteiger partial charge in [0.05, 0.1) is 32.8 Å². The van der Waals surface area contributed by atoms with Gasteiger partial charge in [0, 0.05) is 18.3 Å². The third-order valence-corrected chi connectivity index (χ3v) is 6.16. The third kappa shape index (κ3) is 6.08. The molecule has 1 aliphatic heterocycles. The highest BCUT2D eigenvalue weighted by atomic mass is 16.5. The Balaban J connectivity index is 1.88. The van der Waals surface area contributed by atoms with Gasteiger partial charge in [0.25, 0.3) is 0 Å². The molecule has 0 aliphatic carbocycles. The van der Waals surface area contributed by atoms with Crippen LogP contribution in [0.25, 0.3) is 0 Å². The van der Waals surface area contributed by atoms with Crippen molar-refractivity contribution in [3.05, 3.63) is 52.6 Å². The lowest BCUT2D eigenvalue weighted by Gasteiger charge is -2.37. The van der Waals surface area contributed by atoms with E-state index in [1.165, 1.54) is 0 Å². The van der Waals surface area contributed by atoms with Crippen molar-refractivity contribution in [1.82, 2.24) is 4.90 Å². The summed E-state index contributed by atoms with van der Waals surface area (Å²) < 4.78 is 16.9. The van der Waals surface area contributed by atoms with E-state index < -0.39 is 0 Å². The van der Waals surface area contributed by atoms with Gasteiger partial charge >= 0.3 is 5.97 Å². The summed E-state index contributed by atoms with van der Waals surface area (Å²) in [6.45, 7) is 11.9. The summed E-state index contributed by atoms with van der Waals surface area (Å²) >= 11 is 0. The van der Waals surface area contributed by atoms with E-state index in [2.05, 4.69) is 10.2 Å². The largest absolute Gasteiger partial charge is 0.490 e. The molecule has 0 spiro atoms. The van der Waals surface area contributed by atoms with Crippen LogP contribution in [0.5, 0.6) is 11.5 Å². The van der Waals surface area contributed by atoms with Crippen molar-refractivity contribution in [3.63, 3.8) is 0 Å². The average Bonchev–Trinajstić information content (AvgIpc) is 2.79. The molecule has 0 aromatic heterocycles. The Morgan fingerprint density at radius 2 is 1.74 bits per heavy atom. The van der Waals surface area contributed by atoms with Gasteiger partial charge in [-0.25, -0.2) is 0 Å². The van der Waals surface area contributed by atoms with Gasteiger partial charge in [-0.05, 0) is 81.5 Å². The van der Waals surface area contributed by atoms with Crippen LogP contribution in [-0.2, 0) is 20.7 Å². The number of esters is 1. The maximum atomic E-state index is 13.0. The summed E-state index contributed by atoms with van der Waals surface area (Å²) in [5, 5.41) is 3.04. The number of nitrogens with one attached hydrogen (secondary N) is 1.